The van der Waals surface area contributed by atoms with Gasteiger partial charge in [0.1, 0.15) is 11.6 Å². The number of carbonyl (C=O) groups excluding carboxylic acids is 2. The third-order valence-electron chi connectivity index (χ3n) is 2.49. The van der Waals surface area contributed by atoms with E-state index in [0.29, 0.717) is 12.1 Å². The van der Waals surface area contributed by atoms with E-state index in [9.17, 15) is 35.9 Å². The van der Waals surface area contributed by atoms with E-state index in [0.717, 1.165) is 6.92 Å². The lowest BCUT2D eigenvalue weighted by Gasteiger charge is -2.13. The van der Waals surface area contributed by atoms with Gasteiger partial charge in [-0.1, -0.05) is 0 Å². The molecular weight excluding hydrogens is 302 g/mol. The second kappa shape index (κ2) is 5.87. The Morgan fingerprint density at radius 2 is 1.33 bits per heavy atom. The Bertz CT molecular complexity index is 525. The predicted octanol–water partition coefficient (Wildman–Crippen LogP) is 3.81. The number of hydrogen-bond acceptors (Lipinski definition) is 2. The standard InChI is InChI=1S/C13H10F6O2/c1-7(20)2-11(21)5-8-3-9(12(14,15)16)6-10(4-8)13(17,18)19/h3-4,6H,2,5H2,1H3. The molecule has 8 heteroatoms. The molecule has 0 bridgehead atoms. The van der Waals surface area contributed by atoms with Gasteiger partial charge in [-0.05, 0) is 30.7 Å². The lowest BCUT2D eigenvalue weighted by Crippen LogP contribution is -2.14. The van der Waals surface area contributed by atoms with Crippen molar-refractivity contribution in [2.24, 2.45) is 0 Å². The van der Waals surface area contributed by atoms with Gasteiger partial charge in [0.25, 0.3) is 0 Å². The summed E-state index contributed by atoms with van der Waals surface area (Å²) in [5.41, 5.74) is -3.39. The summed E-state index contributed by atoms with van der Waals surface area (Å²) in [6.07, 6.45) is -11.1. The summed E-state index contributed by atoms with van der Waals surface area (Å²) in [6.45, 7) is 1.10. The third-order valence-corrected chi connectivity index (χ3v) is 2.49. The Morgan fingerprint density at radius 3 is 1.67 bits per heavy atom. The van der Waals surface area contributed by atoms with Crippen molar-refractivity contribution in [3.63, 3.8) is 0 Å². The summed E-state index contributed by atoms with van der Waals surface area (Å²) >= 11 is 0. The van der Waals surface area contributed by atoms with Gasteiger partial charge in [-0.25, -0.2) is 0 Å². The number of benzene rings is 1. The van der Waals surface area contributed by atoms with E-state index >= 15 is 0 Å². The van der Waals surface area contributed by atoms with Crippen molar-refractivity contribution in [3.05, 3.63) is 34.9 Å². The van der Waals surface area contributed by atoms with Crippen LogP contribution in [-0.2, 0) is 28.4 Å². The fourth-order valence-electron chi connectivity index (χ4n) is 1.69. The first-order valence-corrected chi connectivity index (χ1v) is 5.69. The average Bonchev–Trinajstić information content (AvgIpc) is 2.24. The molecule has 1 aromatic rings. The van der Waals surface area contributed by atoms with Crippen LogP contribution in [-0.4, -0.2) is 11.6 Å². The number of carbonyl (C=O) groups is 2. The molecule has 0 saturated carbocycles. The van der Waals surface area contributed by atoms with Gasteiger partial charge in [0, 0.05) is 6.42 Å². The van der Waals surface area contributed by atoms with E-state index in [-0.39, 0.29) is 6.07 Å². The lowest BCUT2D eigenvalue weighted by molar-refractivity contribution is -0.143. The molecule has 0 heterocycles. The van der Waals surface area contributed by atoms with Crippen molar-refractivity contribution in [1.82, 2.24) is 0 Å². The topological polar surface area (TPSA) is 34.1 Å². The van der Waals surface area contributed by atoms with E-state index < -0.39 is 53.5 Å². The van der Waals surface area contributed by atoms with Crippen molar-refractivity contribution in [3.8, 4) is 0 Å². The molecule has 0 aliphatic carbocycles. The molecule has 0 spiro atoms. The zero-order valence-corrected chi connectivity index (χ0v) is 10.7. The molecule has 0 atom stereocenters. The number of alkyl halides is 6. The highest BCUT2D eigenvalue weighted by molar-refractivity contribution is 5.98. The molecule has 0 radical (unpaired) electrons. The summed E-state index contributed by atoms with van der Waals surface area (Å²) in [6, 6.07) is 0.944. The third kappa shape index (κ3) is 5.20. The number of halogens is 6. The van der Waals surface area contributed by atoms with E-state index in [1.54, 1.807) is 0 Å². The predicted molar refractivity (Wildman–Crippen MR) is 60.5 cm³/mol. The Hall–Kier alpha value is -1.86. The lowest BCUT2D eigenvalue weighted by atomic mass is 9.99. The molecule has 0 aliphatic rings. The Kier molecular flexibility index (Phi) is 4.80. The molecule has 0 aromatic heterocycles. The van der Waals surface area contributed by atoms with Crippen LogP contribution in [0.25, 0.3) is 0 Å². The summed E-state index contributed by atoms with van der Waals surface area (Å²) in [7, 11) is 0. The van der Waals surface area contributed by atoms with Crippen LogP contribution in [0.2, 0.25) is 0 Å². The van der Waals surface area contributed by atoms with Gasteiger partial charge >= 0.3 is 12.4 Å². The summed E-state index contributed by atoms with van der Waals surface area (Å²) in [4.78, 5) is 22.1. The minimum atomic E-state index is -4.96. The molecule has 0 unspecified atom stereocenters. The number of Topliss-reactive ketones (excluding diaryl/α,β-unsaturated/α-hetero) is 2. The highest BCUT2D eigenvalue weighted by atomic mass is 19.4. The second-order valence-electron chi connectivity index (χ2n) is 4.51. The van der Waals surface area contributed by atoms with Crippen molar-refractivity contribution < 1.29 is 35.9 Å². The van der Waals surface area contributed by atoms with Crippen molar-refractivity contribution in [2.45, 2.75) is 32.1 Å². The van der Waals surface area contributed by atoms with Crippen LogP contribution in [0.1, 0.15) is 30.0 Å². The molecule has 0 amide bonds. The molecule has 0 saturated heterocycles. The van der Waals surface area contributed by atoms with Crippen molar-refractivity contribution in [1.29, 1.82) is 0 Å². The zero-order chi connectivity index (χ0) is 16.4. The van der Waals surface area contributed by atoms with Gasteiger partial charge in [0.15, 0.2) is 0 Å². The van der Waals surface area contributed by atoms with Crippen LogP contribution in [0.5, 0.6) is 0 Å². The molecular formula is C13H10F6O2. The maximum atomic E-state index is 12.6. The van der Waals surface area contributed by atoms with Crippen LogP contribution in [0, 0.1) is 0 Å². The summed E-state index contributed by atoms with van der Waals surface area (Å²) < 4.78 is 75.5. The maximum absolute atomic E-state index is 12.6. The van der Waals surface area contributed by atoms with Gasteiger partial charge in [0.2, 0.25) is 0 Å². The van der Waals surface area contributed by atoms with Gasteiger partial charge in [-0.15, -0.1) is 0 Å². The van der Waals surface area contributed by atoms with Crippen molar-refractivity contribution >= 4 is 11.6 Å². The number of rotatable bonds is 4. The molecule has 0 N–H and O–H groups in total. The second-order valence-corrected chi connectivity index (χ2v) is 4.51. The molecule has 2 nitrogen and oxygen atoms in total. The fraction of sp³-hybridized carbons (Fsp3) is 0.385. The monoisotopic (exact) mass is 312 g/mol. The Morgan fingerprint density at radius 1 is 0.905 bits per heavy atom. The minimum Gasteiger partial charge on any atom is -0.300 e. The van der Waals surface area contributed by atoms with Gasteiger partial charge in [-0.2, -0.15) is 26.3 Å². The zero-order valence-electron chi connectivity index (χ0n) is 10.7. The molecule has 1 rings (SSSR count). The first kappa shape index (κ1) is 17.2. The van der Waals surface area contributed by atoms with Gasteiger partial charge < -0.3 is 0 Å². The van der Waals surface area contributed by atoms with E-state index in [2.05, 4.69) is 0 Å². The first-order valence-electron chi connectivity index (χ1n) is 5.69. The smallest absolute Gasteiger partial charge is 0.300 e. The van der Waals surface area contributed by atoms with Crippen LogP contribution in [0.4, 0.5) is 26.3 Å². The average molecular weight is 312 g/mol. The number of ketones is 2. The summed E-state index contributed by atoms with van der Waals surface area (Å²) in [5.74, 6) is -1.25. The first-order chi connectivity index (χ1) is 9.39. The van der Waals surface area contributed by atoms with E-state index in [1.807, 2.05) is 0 Å². The molecule has 0 aliphatic heterocycles. The summed E-state index contributed by atoms with van der Waals surface area (Å²) in [5, 5.41) is 0. The van der Waals surface area contributed by atoms with Gasteiger partial charge in [-0.3, -0.25) is 9.59 Å². The van der Waals surface area contributed by atoms with Crippen LogP contribution in [0.3, 0.4) is 0 Å². The highest BCUT2D eigenvalue weighted by Crippen LogP contribution is 2.36. The van der Waals surface area contributed by atoms with E-state index in [4.69, 9.17) is 0 Å². The molecule has 1 aromatic carbocycles. The van der Waals surface area contributed by atoms with Crippen molar-refractivity contribution in [2.75, 3.05) is 0 Å². The minimum absolute atomic E-state index is 0.0149. The quantitative estimate of drug-likeness (QED) is 0.626. The fourth-order valence-corrected chi connectivity index (χ4v) is 1.69. The largest absolute Gasteiger partial charge is 0.416 e. The Labute approximate surface area is 115 Å². The maximum Gasteiger partial charge on any atom is 0.416 e. The highest BCUT2D eigenvalue weighted by Gasteiger charge is 2.36. The van der Waals surface area contributed by atoms with Crippen LogP contribution < -0.4 is 0 Å². The van der Waals surface area contributed by atoms with Crippen LogP contribution >= 0.6 is 0 Å². The number of hydrogen-bond donors (Lipinski definition) is 0. The SMILES string of the molecule is CC(=O)CC(=O)Cc1cc(C(F)(F)F)cc(C(F)(F)F)c1. The molecule has 21 heavy (non-hydrogen) atoms. The molecule has 0 fully saturated rings. The normalized spacial score (nSPS) is 12.3. The molecule has 116 valence electrons. The van der Waals surface area contributed by atoms with Crippen LogP contribution in [0.15, 0.2) is 18.2 Å². The van der Waals surface area contributed by atoms with E-state index in [1.165, 1.54) is 0 Å². The Balaban J connectivity index is 3.20. The van der Waals surface area contributed by atoms with Gasteiger partial charge in [0.05, 0.1) is 17.5 Å².